The minimum Gasteiger partial charge on any atom is -0.300 e. The lowest BCUT2D eigenvalue weighted by atomic mass is 9.98. The van der Waals surface area contributed by atoms with E-state index in [9.17, 15) is 13.2 Å². The molecule has 0 radical (unpaired) electrons. The molecule has 0 spiro atoms. The van der Waals surface area contributed by atoms with Gasteiger partial charge in [-0.25, -0.2) is 13.1 Å². The van der Waals surface area contributed by atoms with Crippen molar-refractivity contribution in [3.63, 3.8) is 0 Å². The smallest absolute Gasteiger partial charge is 0.240 e. The van der Waals surface area contributed by atoms with E-state index in [1.807, 2.05) is 25.1 Å². The van der Waals surface area contributed by atoms with Crippen LogP contribution >= 0.6 is 11.3 Å². The molecule has 0 fully saturated rings. The number of aryl methyl sites for hydroxylation is 1. The molecule has 0 aliphatic heterocycles. The molecule has 30 heavy (non-hydrogen) atoms. The highest BCUT2D eigenvalue weighted by molar-refractivity contribution is 7.89. The maximum Gasteiger partial charge on any atom is 0.240 e. The fraction of sp³-hybridized carbons (Fsp3) is 0.286. The van der Waals surface area contributed by atoms with Crippen molar-refractivity contribution in [1.29, 1.82) is 0 Å². The number of carbonyl (C=O) groups is 1. The number of nitrogens with zero attached hydrogens (tertiary/aromatic N) is 2. The van der Waals surface area contributed by atoms with Crippen LogP contribution in [0, 0.1) is 6.92 Å². The number of rotatable bonds is 9. The molecule has 158 valence electrons. The third-order valence-corrected chi connectivity index (χ3v) is 6.88. The van der Waals surface area contributed by atoms with Gasteiger partial charge in [-0.1, -0.05) is 66.3 Å². The summed E-state index contributed by atoms with van der Waals surface area (Å²) in [7, 11) is -3.64. The predicted octanol–water partition coefficient (Wildman–Crippen LogP) is 3.50. The van der Waals surface area contributed by atoms with Crippen LogP contribution in [0.5, 0.6) is 0 Å². The van der Waals surface area contributed by atoms with Gasteiger partial charge in [-0.2, -0.15) is 0 Å². The second-order valence-electron chi connectivity index (χ2n) is 7.03. The first kappa shape index (κ1) is 22.1. The molecule has 0 saturated heterocycles. The van der Waals surface area contributed by atoms with Crippen LogP contribution in [-0.4, -0.2) is 31.1 Å². The third-order valence-electron chi connectivity index (χ3n) is 4.54. The molecule has 3 rings (SSSR count). The van der Waals surface area contributed by atoms with E-state index in [0.29, 0.717) is 11.0 Å². The van der Waals surface area contributed by atoms with E-state index >= 15 is 0 Å². The summed E-state index contributed by atoms with van der Waals surface area (Å²) < 4.78 is 26.9. The Morgan fingerprint density at radius 2 is 1.77 bits per heavy atom. The van der Waals surface area contributed by atoms with Crippen molar-refractivity contribution >= 4 is 32.4 Å². The zero-order valence-electron chi connectivity index (χ0n) is 16.8. The molecule has 7 nitrogen and oxygen atoms in total. The van der Waals surface area contributed by atoms with E-state index in [0.717, 1.165) is 17.0 Å². The van der Waals surface area contributed by atoms with E-state index in [1.54, 1.807) is 12.1 Å². The zero-order chi connectivity index (χ0) is 21.6. The number of sulfonamides is 1. The molecule has 0 aliphatic carbocycles. The summed E-state index contributed by atoms with van der Waals surface area (Å²) in [6, 6.07) is 16.7. The molecular formula is C21H24N4O3S2. The quantitative estimate of drug-likeness (QED) is 0.526. The first-order chi connectivity index (χ1) is 14.3. The Balaban J connectivity index is 1.47. The number of nitrogens with one attached hydrogen (secondary N) is 2. The molecule has 3 aromatic rings. The normalized spacial score (nSPS) is 12.5. The van der Waals surface area contributed by atoms with Crippen LogP contribution in [0.25, 0.3) is 0 Å². The van der Waals surface area contributed by atoms with E-state index in [2.05, 4.69) is 39.3 Å². The molecule has 0 bridgehead atoms. The van der Waals surface area contributed by atoms with Gasteiger partial charge in [-0.05, 0) is 30.5 Å². The molecule has 1 amide bonds. The van der Waals surface area contributed by atoms with Crippen LogP contribution < -0.4 is 10.0 Å². The Morgan fingerprint density at radius 3 is 2.47 bits per heavy atom. The van der Waals surface area contributed by atoms with Gasteiger partial charge in [-0.3, -0.25) is 4.79 Å². The summed E-state index contributed by atoms with van der Waals surface area (Å²) in [6.45, 7) is 4.00. The highest BCUT2D eigenvalue weighted by atomic mass is 32.2. The molecule has 1 unspecified atom stereocenters. The molecular weight excluding hydrogens is 420 g/mol. The fourth-order valence-corrected chi connectivity index (χ4v) is 4.75. The van der Waals surface area contributed by atoms with Crippen molar-refractivity contribution in [3.05, 3.63) is 70.7 Å². The third kappa shape index (κ3) is 6.19. The summed E-state index contributed by atoms with van der Waals surface area (Å²) in [6.07, 6.45) is 0.730. The Hall–Kier alpha value is -2.62. The maximum absolute atomic E-state index is 12.2. The van der Waals surface area contributed by atoms with E-state index in [4.69, 9.17) is 0 Å². The lowest BCUT2D eigenvalue weighted by Gasteiger charge is -2.08. The van der Waals surface area contributed by atoms with Crippen molar-refractivity contribution < 1.29 is 13.2 Å². The summed E-state index contributed by atoms with van der Waals surface area (Å²) in [5.74, 6) is -0.0284. The molecule has 1 heterocycles. The number of anilines is 1. The Labute approximate surface area is 180 Å². The zero-order valence-corrected chi connectivity index (χ0v) is 18.5. The van der Waals surface area contributed by atoms with Crippen molar-refractivity contribution in [2.24, 2.45) is 0 Å². The second-order valence-corrected chi connectivity index (χ2v) is 9.85. The summed E-state index contributed by atoms with van der Waals surface area (Å²) in [5, 5.41) is 12.1. The van der Waals surface area contributed by atoms with E-state index < -0.39 is 10.0 Å². The lowest BCUT2D eigenvalue weighted by molar-refractivity contribution is -0.116. The number of carbonyl (C=O) groups excluding carboxylic acids is 1. The maximum atomic E-state index is 12.2. The summed E-state index contributed by atoms with van der Waals surface area (Å²) >= 11 is 1.33. The van der Waals surface area contributed by atoms with E-state index in [1.165, 1.54) is 29.0 Å². The van der Waals surface area contributed by atoms with Crippen molar-refractivity contribution in [2.75, 3.05) is 11.9 Å². The minimum atomic E-state index is -3.64. The van der Waals surface area contributed by atoms with Crippen LogP contribution in [0.3, 0.4) is 0 Å². The van der Waals surface area contributed by atoms with E-state index in [-0.39, 0.29) is 23.8 Å². The molecule has 0 saturated carbocycles. The Morgan fingerprint density at radius 1 is 1.07 bits per heavy atom. The van der Waals surface area contributed by atoms with Crippen molar-refractivity contribution in [3.8, 4) is 0 Å². The Bertz CT molecular complexity index is 1080. The summed E-state index contributed by atoms with van der Waals surface area (Å²) in [5.41, 5.74) is 2.20. The predicted molar refractivity (Wildman–Crippen MR) is 118 cm³/mol. The topological polar surface area (TPSA) is 101 Å². The van der Waals surface area contributed by atoms with Gasteiger partial charge in [0.05, 0.1) is 4.90 Å². The first-order valence-electron chi connectivity index (χ1n) is 9.57. The van der Waals surface area contributed by atoms with Gasteiger partial charge >= 0.3 is 0 Å². The number of hydrogen-bond acceptors (Lipinski definition) is 6. The number of benzene rings is 2. The molecule has 0 aliphatic rings. The van der Waals surface area contributed by atoms with Gasteiger partial charge in [-0.15, -0.1) is 10.2 Å². The average Bonchev–Trinajstić information content (AvgIpc) is 3.15. The van der Waals surface area contributed by atoms with Crippen molar-refractivity contribution in [1.82, 2.24) is 14.9 Å². The largest absolute Gasteiger partial charge is 0.300 e. The van der Waals surface area contributed by atoms with Crippen molar-refractivity contribution in [2.45, 2.75) is 37.5 Å². The SMILES string of the molecule is Cc1ccc(S(=O)(=O)NCCC(=O)Nc2nnc(CC(C)c3ccccc3)s2)cc1. The molecule has 2 aromatic carbocycles. The van der Waals surface area contributed by atoms with Crippen LogP contribution in [0.2, 0.25) is 0 Å². The molecule has 2 N–H and O–H groups in total. The van der Waals surface area contributed by atoms with Crippen LogP contribution in [0.15, 0.2) is 59.5 Å². The van der Waals surface area contributed by atoms with Gasteiger partial charge in [0, 0.05) is 19.4 Å². The number of aromatic nitrogens is 2. The standard InChI is InChI=1S/C21H24N4O3S2/c1-15-8-10-18(11-9-15)30(27,28)22-13-12-19(26)23-21-25-24-20(29-21)14-16(2)17-6-4-3-5-7-17/h3-11,16,22H,12-14H2,1-2H3,(H,23,25,26). The van der Waals surface area contributed by atoms with Gasteiger partial charge in [0.1, 0.15) is 5.01 Å². The number of amides is 1. The molecule has 1 atom stereocenters. The van der Waals surface area contributed by atoms with Crippen LogP contribution in [0.4, 0.5) is 5.13 Å². The fourth-order valence-electron chi connectivity index (χ4n) is 2.83. The lowest BCUT2D eigenvalue weighted by Crippen LogP contribution is -2.27. The monoisotopic (exact) mass is 444 g/mol. The molecule has 1 aromatic heterocycles. The average molecular weight is 445 g/mol. The first-order valence-corrected chi connectivity index (χ1v) is 11.9. The summed E-state index contributed by atoms with van der Waals surface area (Å²) in [4.78, 5) is 12.3. The highest BCUT2D eigenvalue weighted by Crippen LogP contribution is 2.24. The van der Waals surface area contributed by atoms with Crippen LogP contribution in [0.1, 0.15) is 35.4 Å². The second kappa shape index (κ2) is 9.92. The Kier molecular flexibility index (Phi) is 7.30. The van der Waals surface area contributed by atoms with Gasteiger partial charge in [0.15, 0.2) is 0 Å². The number of hydrogen-bond donors (Lipinski definition) is 2. The highest BCUT2D eigenvalue weighted by Gasteiger charge is 2.15. The van der Waals surface area contributed by atoms with Gasteiger partial charge < -0.3 is 5.32 Å². The van der Waals surface area contributed by atoms with Gasteiger partial charge in [0.2, 0.25) is 21.1 Å². The molecule has 9 heteroatoms. The van der Waals surface area contributed by atoms with Crippen LogP contribution in [-0.2, 0) is 21.2 Å². The van der Waals surface area contributed by atoms with Gasteiger partial charge in [0.25, 0.3) is 0 Å². The minimum absolute atomic E-state index is 0.000419.